The molecule has 0 unspecified atom stereocenters. The van der Waals surface area contributed by atoms with Gasteiger partial charge in [0.05, 0.1) is 76.6 Å². The topological polar surface area (TPSA) is 306 Å². The summed E-state index contributed by atoms with van der Waals surface area (Å²) in [6.45, 7) is 2.94. The largest absolute Gasteiger partial charge is 0.495 e. The van der Waals surface area contributed by atoms with Crippen LogP contribution in [0.4, 0.5) is 95.8 Å². The standard InChI is InChI=1S/C31H41F2N7O3.C28H35F2N7O3.C27H34F2N6O3/c1-38-25-18-34-30(37-27(25)40(23-9-5-6-10-23)19-31(32,33)29(38)42)36-24-12-11-20(17-26(24)43-2)28(41)35-21-13-15-39(16-14-21)22-7-3-4-8-22;1-35-22-14-31-27(34-24(22)37(19-5-3-4-6-19)16-28(29,30)26(35)39)33-20-8-7-18(13-23(20)40-2)25(38)32-21-15-36-11-9-17(21)10-12-36;1-34-21-15-30-26(33-23(21)35(19-10-6-7-11-19)16-27(28,29)25(34)37)32-20-13-12-17(14-22(20)38-2)24(36)31-18-8-4-3-5-9-18/h11-12,17-18,21-23H,3-10,13-16,19H2,1-2H3,(H,35,41)(H,34,36,37);7-8,13-14,17,19,21H,3-6,9-12,15-16H2,1-2H3,(H,32,38)(H,31,33,34);12-15,18-19H,3-11,16H2,1-2H3,(H,31,36)(H,30,32,33)/t;21-;/m.1./s1. The van der Waals surface area contributed by atoms with Gasteiger partial charge in [0.1, 0.15) is 34.3 Å². The van der Waals surface area contributed by atoms with E-state index in [0.717, 1.165) is 176 Å². The maximum Gasteiger partial charge on any atom is 0.342 e. The Morgan fingerprint density at radius 2 is 0.711 bits per heavy atom. The van der Waals surface area contributed by atoms with Gasteiger partial charge in [-0.15, -0.1) is 0 Å². The highest BCUT2D eigenvalue weighted by molar-refractivity contribution is 6.04. The number of nitrogens with one attached hydrogen (secondary N) is 6. The Kier molecular flexibility index (Phi) is 25.8. The number of alkyl halides is 6. The molecule has 6 aromatic rings. The smallest absolute Gasteiger partial charge is 0.342 e. The van der Waals surface area contributed by atoms with Gasteiger partial charge in [-0.2, -0.15) is 41.3 Å². The van der Waals surface area contributed by atoms with Crippen molar-refractivity contribution in [2.75, 3.05) is 140 Å². The van der Waals surface area contributed by atoms with Gasteiger partial charge in [0.15, 0.2) is 17.5 Å². The van der Waals surface area contributed by atoms with E-state index in [1.807, 2.05) is 0 Å². The highest BCUT2D eigenvalue weighted by Crippen LogP contribution is 2.46. The van der Waals surface area contributed by atoms with E-state index in [2.05, 4.69) is 71.6 Å². The van der Waals surface area contributed by atoms with Crippen LogP contribution in [-0.2, 0) is 14.4 Å². The molecule has 3 aromatic carbocycles. The maximum absolute atomic E-state index is 14.9. The van der Waals surface area contributed by atoms with Crippen LogP contribution in [-0.4, -0.2) is 230 Å². The van der Waals surface area contributed by atoms with E-state index >= 15 is 0 Å². The molecule has 5 aliphatic carbocycles. The number of rotatable bonds is 19. The van der Waals surface area contributed by atoms with E-state index in [9.17, 15) is 55.1 Å². The zero-order valence-electron chi connectivity index (χ0n) is 69.6. The van der Waals surface area contributed by atoms with Gasteiger partial charge in [0, 0.05) is 99.8 Å². The molecule has 0 radical (unpaired) electrons. The number of hydrogen-bond donors (Lipinski definition) is 6. The molecule has 4 saturated heterocycles. The lowest BCUT2D eigenvalue weighted by molar-refractivity contribution is -0.141. The van der Waals surface area contributed by atoms with Gasteiger partial charge in [-0.05, 0) is 163 Å². The summed E-state index contributed by atoms with van der Waals surface area (Å²) in [4.78, 5) is 116. The van der Waals surface area contributed by atoms with Crippen molar-refractivity contribution >= 4 is 105 Å². The molecule has 3 aromatic heterocycles. The summed E-state index contributed by atoms with van der Waals surface area (Å²) >= 11 is 0. The summed E-state index contributed by atoms with van der Waals surface area (Å²) in [5, 5.41) is 18.8. The summed E-state index contributed by atoms with van der Waals surface area (Å²) < 4.78 is 106. The third-order valence-corrected chi connectivity index (χ3v) is 26.2. The molecule has 6 N–H and O–H groups in total. The number of hydrogen-bond acceptors (Lipinski definition) is 23. The molecule has 9 fully saturated rings. The maximum atomic E-state index is 14.9. The number of amides is 6. The van der Waals surface area contributed by atoms with Crippen molar-refractivity contribution in [3.05, 3.63) is 89.9 Å². The summed E-state index contributed by atoms with van der Waals surface area (Å²) in [6.07, 6.45) is 29.2. The minimum Gasteiger partial charge on any atom is -0.495 e. The Morgan fingerprint density at radius 3 is 1.03 bits per heavy atom. The first-order valence-corrected chi connectivity index (χ1v) is 42.9. The van der Waals surface area contributed by atoms with Crippen LogP contribution in [0.15, 0.2) is 73.2 Å². The van der Waals surface area contributed by atoms with Gasteiger partial charge in [-0.1, -0.05) is 70.6 Å². The van der Waals surface area contributed by atoms with E-state index in [1.54, 1.807) is 69.3 Å². The molecule has 0 spiro atoms. The van der Waals surface area contributed by atoms with E-state index in [0.29, 0.717) is 80.4 Å². The molecule has 35 heteroatoms. The molecule has 2 bridgehead atoms. The van der Waals surface area contributed by atoms with Crippen LogP contribution in [0.1, 0.15) is 192 Å². The highest BCUT2D eigenvalue weighted by atomic mass is 19.3. The molecule has 121 heavy (non-hydrogen) atoms. The molecular weight excluding hydrogens is 1570 g/mol. The fraction of sp³-hybridized carbons (Fsp3) is 0.581. The fourth-order valence-electron chi connectivity index (χ4n) is 19.3. The van der Waals surface area contributed by atoms with Gasteiger partial charge >= 0.3 is 17.8 Å². The molecule has 12 aliphatic rings. The number of piperidine rings is 4. The highest BCUT2D eigenvalue weighted by Gasteiger charge is 2.52. The zero-order valence-corrected chi connectivity index (χ0v) is 69.6. The number of halogens is 6. The Balaban J connectivity index is 0.000000141. The lowest BCUT2D eigenvalue weighted by atomic mass is 9.84. The van der Waals surface area contributed by atoms with Gasteiger partial charge in [-0.25, -0.2) is 15.0 Å². The van der Waals surface area contributed by atoms with Crippen LogP contribution < -0.4 is 75.5 Å². The SMILES string of the molecule is COc1cc(C(=O)NC2CCCCC2)ccc1Nc1ncc2c(n1)N(C1CCCC1)CC(F)(F)C(=O)N2C.COc1cc(C(=O)NC2CCN(C3CCCC3)CC2)ccc1Nc1ncc2c(n1)N(C1CCCC1)CC(F)(F)C(=O)N2C.COc1cc(C(=O)N[C@@H]2CN3CCC2CC3)ccc1Nc1ncc2c(n1)N(C1CCCC1)CC(F)(F)C(=O)N2C. The molecule has 1 atom stereocenters. The number of nitrogens with zero attached hydrogens (tertiary/aromatic N) is 14. The summed E-state index contributed by atoms with van der Waals surface area (Å²) in [5.74, 6) is -11.7. The number of fused-ring (bicyclic) bond motifs is 6. The first kappa shape index (κ1) is 85.4. The van der Waals surface area contributed by atoms with Crippen molar-refractivity contribution in [2.45, 2.75) is 221 Å². The molecule has 10 heterocycles. The van der Waals surface area contributed by atoms with Crippen LogP contribution in [0.25, 0.3) is 0 Å². The second kappa shape index (κ2) is 36.6. The number of methoxy groups -OCH3 is 3. The minimum absolute atomic E-state index is 0.127. The first-order chi connectivity index (χ1) is 58.2. The summed E-state index contributed by atoms with van der Waals surface area (Å²) in [5.41, 5.74) is 3.76. The third-order valence-electron chi connectivity index (χ3n) is 26.2. The third kappa shape index (κ3) is 18.9. The Hall–Kier alpha value is -10.6. The normalized spacial score (nSPS) is 22.7. The van der Waals surface area contributed by atoms with E-state index in [1.165, 1.54) is 93.2 Å². The first-order valence-electron chi connectivity index (χ1n) is 42.9. The van der Waals surface area contributed by atoms with Crippen molar-refractivity contribution in [1.82, 2.24) is 55.7 Å². The number of carbonyl (C=O) groups excluding carboxylic acids is 6. The number of anilines is 12. The van der Waals surface area contributed by atoms with E-state index in [-0.39, 0.29) is 88.9 Å². The lowest BCUT2D eigenvalue weighted by Crippen LogP contribution is -2.57. The molecular formula is C86H110F6N20O9. The monoisotopic (exact) mass is 1680 g/mol. The van der Waals surface area contributed by atoms with E-state index in [4.69, 9.17) is 14.2 Å². The van der Waals surface area contributed by atoms with E-state index < -0.39 is 55.1 Å². The second-order valence-corrected chi connectivity index (χ2v) is 34.0. The lowest BCUT2D eigenvalue weighted by Gasteiger charge is -2.44. The van der Waals surface area contributed by atoms with Crippen molar-refractivity contribution in [2.24, 2.45) is 5.92 Å². The second-order valence-electron chi connectivity index (χ2n) is 34.0. The molecule has 18 rings (SSSR count). The van der Waals surface area contributed by atoms with Crippen molar-refractivity contribution in [3.63, 3.8) is 0 Å². The predicted molar refractivity (Wildman–Crippen MR) is 448 cm³/mol. The summed E-state index contributed by atoms with van der Waals surface area (Å²) in [7, 11) is 8.51. The van der Waals surface area contributed by atoms with Crippen LogP contribution in [0.5, 0.6) is 17.2 Å². The van der Waals surface area contributed by atoms with Crippen molar-refractivity contribution in [1.29, 1.82) is 0 Å². The summed E-state index contributed by atoms with van der Waals surface area (Å²) in [6, 6.07) is 16.1. The van der Waals surface area contributed by atoms with Gasteiger partial charge in [0.2, 0.25) is 17.8 Å². The Labute approximate surface area is 700 Å². The molecule has 5 saturated carbocycles. The average molecular weight is 1680 g/mol. The Bertz CT molecular complexity index is 4760. The van der Waals surface area contributed by atoms with Crippen molar-refractivity contribution < 1.29 is 69.3 Å². The number of carbonyl (C=O) groups is 6. The number of benzene rings is 3. The predicted octanol–water partition coefficient (Wildman–Crippen LogP) is 12.8. The molecule has 650 valence electrons. The zero-order chi connectivity index (χ0) is 85.0. The minimum atomic E-state index is -3.54. The van der Waals surface area contributed by atoms with Crippen LogP contribution in [0.2, 0.25) is 0 Å². The van der Waals surface area contributed by atoms with Gasteiger partial charge < -0.3 is 85.3 Å². The van der Waals surface area contributed by atoms with Crippen LogP contribution in [0.3, 0.4) is 0 Å². The number of ether oxygens (including phenoxy) is 3. The molecule has 7 aliphatic heterocycles. The number of likely N-dealkylation sites (tertiary alicyclic amines) is 1. The van der Waals surface area contributed by atoms with Gasteiger partial charge in [0.25, 0.3) is 35.4 Å². The quantitative estimate of drug-likeness (QED) is 0.0411. The van der Waals surface area contributed by atoms with Crippen LogP contribution in [0, 0.1) is 5.92 Å². The molecule has 29 nitrogen and oxygen atoms in total. The van der Waals surface area contributed by atoms with Gasteiger partial charge in [-0.3, -0.25) is 28.8 Å². The average Bonchev–Trinajstić information content (AvgIpc) is 1.64. The molecule has 6 amide bonds. The number of aromatic nitrogens is 6. The van der Waals surface area contributed by atoms with Crippen LogP contribution >= 0.6 is 0 Å². The Morgan fingerprint density at radius 1 is 0.397 bits per heavy atom. The fourth-order valence-corrected chi connectivity index (χ4v) is 19.3. The van der Waals surface area contributed by atoms with Crippen molar-refractivity contribution in [3.8, 4) is 17.2 Å².